The maximum atomic E-state index is 12.7. The maximum absolute atomic E-state index is 12.7. The Kier molecular flexibility index (Phi) is 3.38. The zero-order valence-electron chi connectivity index (χ0n) is 10.9. The van der Waals surface area contributed by atoms with E-state index in [0.717, 1.165) is 5.56 Å². The van der Waals surface area contributed by atoms with Crippen LogP contribution in [0.15, 0.2) is 35.7 Å². The first-order valence-corrected chi connectivity index (χ1v) is 7.44. The fourth-order valence-electron chi connectivity index (χ4n) is 2.53. The average molecular weight is 272 g/mol. The van der Waals surface area contributed by atoms with Gasteiger partial charge in [0, 0.05) is 5.56 Å². The highest BCUT2D eigenvalue weighted by molar-refractivity contribution is 7.12. The molecule has 2 nitrogen and oxygen atoms in total. The fraction of sp³-hybridized carbons (Fsp3) is 0.312. The molecule has 19 heavy (non-hydrogen) atoms. The van der Waals surface area contributed by atoms with Gasteiger partial charge in [-0.15, -0.1) is 11.3 Å². The molecule has 0 atom stereocenters. The van der Waals surface area contributed by atoms with Crippen molar-refractivity contribution in [2.24, 2.45) is 0 Å². The van der Waals surface area contributed by atoms with Crippen LogP contribution in [0.25, 0.3) is 0 Å². The van der Waals surface area contributed by atoms with Crippen LogP contribution in [0.2, 0.25) is 0 Å². The molecule has 1 aliphatic rings. The van der Waals surface area contributed by atoms with Gasteiger partial charge in [0.1, 0.15) is 10.6 Å². The molecular weight excluding hydrogens is 256 g/mol. The van der Waals surface area contributed by atoms with Crippen LogP contribution in [0.3, 0.4) is 0 Å². The molecule has 1 saturated carbocycles. The first-order chi connectivity index (χ1) is 9.31. The van der Waals surface area contributed by atoms with Crippen LogP contribution in [-0.4, -0.2) is 12.9 Å². The van der Waals surface area contributed by atoms with Crippen molar-refractivity contribution in [3.63, 3.8) is 0 Å². The molecule has 0 aliphatic heterocycles. The quantitative estimate of drug-likeness (QED) is 0.777. The lowest BCUT2D eigenvalue weighted by molar-refractivity contribution is 0.103. The van der Waals surface area contributed by atoms with Crippen molar-refractivity contribution in [1.29, 1.82) is 0 Å². The Morgan fingerprint density at radius 1 is 1.26 bits per heavy atom. The zero-order valence-corrected chi connectivity index (χ0v) is 11.7. The van der Waals surface area contributed by atoms with E-state index < -0.39 is 0 Å². The van der Waals surface area contributed by atoms with Gasteiger partial charge < -0.3 is 4.74 Å². The maximum Gasteiger partial charge on any atom is 0.207 e. The average Bonchev–Trinajstić information content (AvgIpc) is 2.85. The SMILES string of the molecule is COc1ccsc1C(=O)c1ccccc1C1CCC1. The lowest BCUT2D eigenvalue weighted by Gasteiger charge is -2.27. The molecule has 1 fully saturated rings. The van der Waals surface area contributed by atoms with Gasteiger partial charge in [0.2, 0.25) is 5.78 Å². The normalized spacial score (nSPS) is 15.0. The van der Waals surface area contributed by atoms with Crippen LogP contribution in [0.5, 0.6) is 5.75 Å². The lowest BCUT2D eigenvalue weighted by atomic mass is 9.77. The molecule has 0 N–H and O–H groups in total. The monoisotopic (exact) mass is 272 g/mol. The number of benzene rings is 1. The van der Waals surface area contributed by atoms with E-state index in [1.165, 1.54) is 36.2 Å². The number of ketones is 1. The molecule has 0 saturated heterocycles. The van der Waals surface area contributed by atoms with Gasteiger partial charge in [0.25, 0.3) is 0 Å². The number of rotatable bonds is 4. The minimum Gasteiger partial charge on any atom is -0.495 e. The van der Waals surface area contributed by atoms with Gasteiger partial charge in [0.05, 0.1) is 7.11 Å². The number of thiophene rings is 1. The van der Waals surface area contributed by atoms with Gasteiger partial charge in [-0.2, -0.15) is 0 Å². The lowest BCUT2D eigenvalue weighted by Crippen LogP contribution is -2.14. The van der Waals surface area contributed by atoms with E-state index in [2.05, 4.69) is 6.07 Å². The van der Waals surface area contributed by atoms with Crippen molar-refractivity contribution in [3.05, 3.63) is 51.7 Å². The summed E-state index contributed by atoms with van der Waals surface area (Å²) in [7, 11) is 1.61. The molecule has 0 radical (unpaired) electrons. The molecule has 2 aromatic rings. The summed E-state index contributed by atoms with van der Waals surface area (Å²) in [4.78, 5) is 13.4. The molecule has 1 heterocycles. The highest BCUT2D eigenvalue weighted by atomic mass is 32.1. The molecule has 0 unspecified atom stereocenters. The minimum atomic E-state index is 0.0920. The van der Waals surface area contributed by atoms with E-state index in [1.54, 1.807) is 7.11 Å². The van der Waals surface area contributed by atoms with Crippen LogP contribution in [0, 0.1) is 0 Å². The van der Waals surface area contributed by atoms with Crippen LogP contribution in [0.1, 0.15) is 46.0 Å². The molecule has 1 aromatic carbocycles. The van der Waals surface area contributed by atoms with Crippen molar-refractivity contribution in [1.82, 2.24) is 0 Å². The number of methoxy groups -OCH3 is 1. The predicted octanol–water partition coefficient (Wildman–Crippen LogP) is 4.26. The summed E-state index contributed by atoms with van der Waals surface area (Å²) in [6, 6.07) is 9.85. The molecule has 0 bridgehead atoms. The standard InChI is InChI=1S/C16H16O2S/c1-18-14-9-10-19-16(14)15(17)13-8-3-2-7-12(13)11-5-4-6-11/h2-3,7-11H,4-6H2,1H3. The molecular formula is C16H16O2S. The molecule has 1 aliphatic carbocycles. The molecule has 0 amide bonds. The smallest absolute Gasteiger partial charge is 0.207 e. The summed E-state index contributed by atoms with van der Waals surface area (Å²) >= 11 is 1.45. The predicted molar refractivity (Wildman–Crippen MR) is 77.3 cm³/mol. The Morgan fingerprint density at radius 2 is 2.05 bits per heavy atom. The van der Waals surface area contributed by atoms with Crippen LogP contribution in [0.4, 0.5) is 0 Å². The summed E-state index contributed by atoms with van der Waals surface area (Å²) in [5, 5.41) is 1.90. The van der Waals surface area contributed by atoms with Crippen molar-refractivity contribution in [2.45, 2.75) is 25.2 Å². The van der Waals surface area contributed by atoms with Crippen molar-refractivity contribution in [3.8, 4) is 5.75 Å². The third-order valence-corrected chi connectivity index (χ3v) is 4.70. The number of hydrogen-bond acceptors (Lipinski definition) is 3. The van der Waals surface area contributed by atoms with Crippen molar-refractivity contribution < 1.29 is 9.53 Å². The van der Waals surface area contributed by atoms with Gasteiger partial charge >= 0.3 is 0 Å². The first-order valence-electron chi connectivity index (χ1n) is 6.56. The summed E-state index contributed by atoms with van der Waals surface area (Å²) in [5.41, 5.74) is 2.04. The number of hydrogen-bond donors (Lipinski definition) is 0. The summed E-state index contributed by atoms with van der Waals surface area (Å²) in [6.45, 7) is 0. The largest absolute Gasteiger partial charge is 0.495 e. The first kappa shape index (κ1) is 12.4. The van der Waals surface area contributed by atoms with E-state index in [-0.39, 0.29) is 5.78 Å². The van der Waals surface area contributed by atoms with Crippen molar-refractivity contribution >= 4 is 17.1 Å². The second-order valence-corrected chi connectivity index (χ2v) is 5.78. The second-order valence-electron chi connectivity index (χ2n) is 4.86. The number of ether oxygens (including phenoxy) is 1. The van der Waals surface area contributed by atoms with Gasteiger partial charge in [-0.3, -0.25) is 4.79 Å². The fourth-order valence-corrected chi connectivity index (χ4v) is 3.34. The summed E-state index contributed by atoms with van der Waals surface area (Å²) in [5.74, 6) is 1.33. The van der Waals surface area contributed by atoms with Gasteiger partial charge in [-0.05, 0) is 35.8 Å². The molecule has 98 valence electrons. The Balaban J connectivity index is 2.00. The van der Waals surface area contributed by atoms with E-state index in [1.807, 2.05) is 29.6 Å². The Labute approximate surface area is 117 Å². The highest BCUT2D eigenvalue weighted by Crippen LogP contribution is 2.39. The highest BCUT2D eigenvalue weighted by Gasteiger charge is 2.26. The molecule has 1 aromatic heterocycles. The third-order valence-electron chi connectivity index (χ3n) is 3.81. The van der Waals surface area contributed by atoms with Crippen LogP contribution < -0.4 is 4.74 Å². The molecule has 3 heteroatoms. The van der Waals surface area contributed by atoms with Gasteiger partial charge in [-0.25, -0.2) is 0 Å². The second kappa shape index (κ2) is 5.17. The Hall–Kier alpha value is -1.61. The topological polar surface area (TPSA) is 26.3 Å². The van der Waals surface area contributed by atoms with Gasteiger partial charge in [0.15, 0.2) is 0 Å². The summed E-state index contributed by atoms with van der Waals surface area (Å²) in [6.07, 6.45) is 3.67. The van der Waals surface area contributed by atoms with E-state index in [0.29, 0.717) is 16.5 Å². The molecule has 0 spiro atoms. The minimum absolute atomic E-state index is 0.0920. The van der Waals surface area contributed by atoms with E-state index in [9.17, 15) is 4.79 Å². The summed E-state index contributed by atoms with van der Waals surface area (Å²) < 4.78 is 5.26. The van der Waals surface area contributed by atoms with E-state index in [4.69, 9.17) is 4.74 Å². The Bertz CT molecular complexity index is 596. The number of carbonyl (C=O) groups excluding carboxylic acids is 1. The van der Waals surface area contributed by atoms with Crippen LogP contribution >= 0.6 is 11.3 Å². The van der Waals surface area contributed by atoms with Crippen LogP contribution in [-0.2, 0) is 0 Å². The molecule has 3 rings (SSSR count). The van der Waals surface area contributed by atoms with Crippen molar-refractivity contribution in [2.75, 3.05) is 7.11 Å². The zero-order chi connectivity index (χ0) is 13.2. The third kappa shape index (κ3) is 2.19. The number of carbonyl (C=O) groups is 1. The Morgan fingerprint density at radius 3 is 2.74 bits per heavy atom. The van der Waals surface area contributed by atoms with E-state index >= 15 is 0 Å². The van der Waals surface area contributed by atoms with Gasteiger partial charge in [-0.1, -0.05) is 30.7 Å².